The Hall–Kier alpha value is -2.56. The van der Waals surface area contributed by atoms with Gasteiger partial charge in [-0.05, 0) is 49.2 Å². The second-order valence-electron chi connectivity index (χ2n) is 4.76. The SMILES string of the molecule is Cc1cc(C)cc(N(C)c2ncccc2C(N)=NO)c1. The number of pyridine rings is 1. The highest BCUT2D eigenvalue weighted by atomic mass is 16.4. The molecule has 0 fully saturated rings. The molecule has 1 heterocycles. The van der Waals surface area contributed by atoms with Gasteiger partial charge >= 0.3 is 0 Å². The smallest absolute Gasteiger partial charge is 0.173 e. The molecule has 3 N–H and O–H groups in total. The third-order valence-corrected chi connectivity index (χ3v) is 3.08. The Balaban J connectivity index is 2.51. The van der Waals surface area contributed by atoms with Crippen molar-refractivity contribution < 1.29 is 5.21 Å². The minimum atomic E-state index is 0.0457. The summed E-state index contributed by atoms with van der Waals surface area (Å²) in [5.74, 6) is 0.692. The van der Waals surface area contributed by atoms with Crippen LogP contribution in [-0.2, 0) is 0 Å². The van der Waals surface area contributed by atoms with Gasteiger partial charge in [-0.2, -0.15) is 0 Å². The fourth-order valence-electron chi connectivity index (χ4n) is 2.18. The van der Waals surface area contributed by atoms with Gasteiger partial charge in [-0.1, -0.05) is 11.2 Å². The van der Waals surface area contributed by atoms with E-state index in [9.17, 15) is 0 Å². The van der Waals surface area contributed by atoms with Gasteiger partial charge in [0.2, 0.25) is 0 Å². The first-order chi connectivity index (χ1) is 9.52. The number of rotatable bonds is 3. The number of oxime groups is 1. The van der Waals surface area contributed by atoms with E-state index in [4.69, 9.17) is 10.9 Å². The van der Waals surface area contributed by atoms with E-state index in [0.717, 1.165) is 5.69 Å². The van der Waals surface area contributed by atoms with E-state index in [1.54, 1.807) is 18.3 Å². The van der Waals surface area contributed by atoms with Crippen molar-refractivity contribution >= 4 is 17.3 Å². The van der Waals surface area contributed by atoms with Crippen molar-refractivity contribution in [3.63, 3.8) is 0 Å². The van der Waals surface area contributed by atoms with E-state index < -0.39 is 0 Å². The molecule has 20 heavy (non-hydrogen) atoms. The van der Waals surface area contributed by atoms with E-state index in [1.807, 2.05) is 25.8 Å². The van der Waals surface area contributed by atoms with Crippen molar-refractivity contribution in [2.24, 2.45) is 10.9 Å². The molecule has 2 rings (SSSR count). The van der Waals surface area contributed by atoms with Gasteiger partial charge in [0.15, 0.2) is 5.84 Å². The van der Waals surface area contributed by atoms with Crippen molar-refractivity contribution in [2.75, 3.05) is 11.9 Å². The predicted octanol–water partition coefficient (Wildman–Crippen LogP) is 2.56. The summed E-state index contributed by atoms with van der Waals surface area (Å²) >= 11 is 0. The maximum Gasteiger partial charge on any atom is 0.173 e. The summed E-state index contributed by atoms with van der Waals surface area (Å²) < 4.78 is 0. The zero-order valence-electron chi connectivity index (χ0n) is 11.8. The molecule has 5 nitrogen and oxygen atoms in total. The van der Waals surface area contributed by atoms with Gasteiger partial charge in [0.1, 0.15) is 5.82 Å². The molecule has 0 amide bonds. The van der Waals surface area contributed by atoms with Gasteiger partial charge in [0, 0.05) is 18.9 Å². The van der Waals surface area contributed by atoms with Crippen LogP contribution in [0.2, 0.25) is 0 Å². The number of hydrogen-bond acceptors (Lipinski definition) is 4. The molecule has 0 aliphatic carbocycles. The maximum atomic E-state index is 8.87. The molecule has 0 radical (unpaired) electrons. The standard InChI is InChI=1S/C15H18N4O/c1-10-7-11(2)9-12(8-10)19(3)15-13(14(16)18-20)5-4-6-17-15/h4-9,20H,1-3H3,(H2,16,18). The molecule has 0 unspecified atom stereocenters. The van der Waals surface area contributed by atoms with Crippen LogP contribution in [0.4, 0.5) is 11.5 Å². The van der Waals surface area contributed by atoms with Gasteiger partial charge in [-0.3, -0.25) is 0 Å². The average Bonchev–Trinajstić information content (AvgIpc) is 2.44. The van der Waals surface area contributed by atoms with Crippen LogP contribution >= 0.6 is 0 Å². The summed E-state index contributed by atoms with van der Waals surface area (Å²) in [5.41, 5.74) is 9.65. The second kappa shape index (κ2) is 5.61. The summed E-state index contributed by atoms with van der Waals surface area (Å²) in [7, 11) is 1.91. The zero-order valence-corrected chi connectivity index (χ0v) is 11.8. The molecule has 0 bridgehead atoms. The first-order valence-electron chi connectivity index (χ1n) is 6.28. The molecule has 0 saturated carbocycles. The quantitative estimate of drug-likeness (QED) is 0.389. The highest BCUT2D eigenvalue weighted by molar-refractivity contribution is 6.01. The second-order valence-corrected chi connectivity index (χ2v) is 4.76. The van der Waals surface area contributed by atoms with Crippen LogP contribution in [-0.4, -0.2) is 23.1 Å². The molecule has 1 aromatic carbocycles. The van der Waals surface area contributed by atoms with Gasteiger partial charge in [-0.15, -0.1) is 0 Å². The molecule has 0 atom stereocenters. The molecule has 0 aliphatic heterocycles. The first kappa shape index (κ1) is 13.9. The summed E-state index contributed by atoms with van der Waals surface area (Å²) in [6, 6.07) is 9.78. The summed E-state index contributed by atoms with van der Waals surface area (Å²) in [5, 5.41) is 11.9. The topological polar surface area (TPSA) is 74.7 Å². The largest absolute Gasteiger partial charge is 0.409 e. The molecular formula is C15H18N4O. The van der Waals surface area contributed by atoms with Crippen LogP contribution in [0.15, 0.2) is 41.7 Å². The number of hydrogen-bond donors (Lipinski definition) is 2. The zero-order chi connectivity index (χ0) is 14.7. The van der Waals surface area contributed by atoms with E-state index in [-0.39, 0.29) is 5.84 Å². The Kier molecular flexibility index (Phi) is 3.89. The van der Waals surface area contributed by atoms with E-state index in [0.29, 0.717) is 11.4 Å². The molecule has 2 aromatic rings. The molecule has 104 valence electrons. The third-order valence-electron chi connectivity index (χ3n) is 3.08. The Morgan fingerprint density at radius 2 is 1.90 bits per heavy atom. The molecule has 0 aliphatic rings. The van der Waals surface area contributed by atoms with Crippen molar-refractivity contribution in [1.82, 2.24) is 4.98 Å². The Bertz CT molecular complexity index is 632. The lowest BCUT2D eigenvalue weighted by Crippen LogP contribution is -2.20. The molecule has 0 spiro atoms. The van der Waals surface area contributed by atoms with Crippen LogP contribution in [0.1, 0.15) is 16.7 Å². The van der Waals surface area contributed by atoms with E-state index in [2.05, 4.69) is 28.3 Å². The van der Waals surface area contributed by atoms with Crippen LogP contribution < -0.4 is 10.6 Å². The number of benzene rings is 1. The Morgan fingerprint density at radius 1 is 1.25 bits per heavy atom. The van der Waals surface area contributed by atoms with Crippen LogP contribution in [0.3, 0.4) is 0 Å². The van der Waals surface area contributed by atoms with E-state index >= 15 is 0 Å². The lowest BCUT2D eigenvalue weighted by atomic mass is 10.1. The highest BCUT2D eigenvalue weighted by Gasteiger charge is 2.14. The number of anilines is 2. The number of nitrogens with zero attached hydrogens (tertiary/aromatic N) is 3. The maximum absolute atomic E-state index is 8.87. The number of aromatic nitrogens is 1. The Morgan fingerprint density at radius 3 is 2.50 bits per heavy atom. The molecule has 0 saturated heterocycles. The third kappa shape index (κ3) is 2.71. The van der Waals surface area contributed by atoms with Crippen LogP contribution in [0.25, 0.3) is 0 Å². The number of nitrogens with two attached hydrogens (primary N) is 1. The minimum absolute atomic E-state index is 0.0457. The lowest BCUT2D eigenvalue weighted by Gasteiger charge is -2.21. The predicted molar refractivity (Wildman–Crippen MR) is 80.7 cm³/mol. The normalized spacial score (nSPS) is 11.4. The van der Waals surface area contributed by atoms with Crippen molar-refractivity contribution in [3.05, 3.63) is 53.2 Å². The monoisotopic (exact) mass is 270 g/mol. The lowest BCUT2D eigenvalue weighted by molar-refractivity contribution is 0.318. The summed E-state index contributed by atoms with van der Waals surface area (Å²) in [4.78, 5) is 6.26. The van der Waals surface area contributed by atoms with Crippen LogP contribution in [0.5, 0.6) is 0 Å². The van der Waals surface area contributed by atoms with Gasteiger partial charge in [0.25, 0.3) is 0 Å². The molecule has 5 heteroatoms. The summed E-state index contributed by atoms with van der Waals surface area (Å²) in [6.07, 6.45) is 1.68. The molecule has 1 aromatic heterocycles. The average molecular weight is 270 g/mol. The fraction of sp³-hybridized carbons (Fsp3) is 0.200. The van der Waals surface area contributed by atoms with Crippen molar-refractivity contribution in [1.29, 1.82) is 0 Å². The number of amidine groups is 1. The Labute approximate surface area is 118 Å². The van der Waals surface area contributed by atoms with Crippen molar-refractivity contribution in [2.45, 2.75) is 13.8 Å². The van der Waals surface area contributed by atoms with Gasteiger partial charge < -0.3 is 15.8 Å². The molecular weight excluding hydrogens is 252 g/mol. The highest BCUT2D eigenvalue weighted by Crippen LogP contribution is 2.26. The first-order valence-corrected chi connectivity index (χ1v) is 6.28. The van der Waals surface area contributed by atoms with Gasteiger partial charge in [-0.25, -0.2) is 4.98 Å². The van der Waals surface area contributed by atoms with Gasteiger partial charge in [0.05, 0.1) is 5.56 Å². The fourth-order valence-corrected chi connectivity index (χ4v) is 2.18. The number of aryl methyl sites for hydroxylation is 2. The minimum Gasteiger partial charge on any atom is -0.409 e. The summed E-state index contributed by atoms with van der Waals surface area (Å²) in [6.45, 7) is 4.10. The van der Waals surface area contributed by atoms with Crippen molar-refractivity contribution in [3.8, 4) is 0 Å². The van der Waals surface area contributed by atoms with E-state index in [1.165, 1.54) is 11.1 Å². The van der Waals surface area contributed by atoms with Crippen LogP contribution in [0, 0.1) is 13.8 Å².